The Morgan fingerprint density at radius 3 is 2.71 bits per heavy atom. The maximum absolute atomic E-state index is 13.5. The van der Waals surface area contributed by atoms with E-state index >= 15 is 0 Å². The molecule has 1 saturated heterocycles. The fourth-order valence-corrected chi connectivity index (χ4v) is 1.92. The smallest absolute Gasteiger partial charge is 0.279 e. The zero-order chi connectivity index (χ0) is 12.3. The summed E-state index contributed by atoms with van der Waals surface area (Å²) in [6.45, 7) is 1.86. The summed E-state index contributed by atoms with van der Waals surface area (Å²) in [7, 11) is 0. The molecule has 0 atom stereocenters. The monoisotopic (exact) mass is 236 g/mol. The largest absolute Gasteiger partial charge is 0.377 e. The number of nitro benzene ring substituents is 1. The highest BCUT2D eigenvalue weighted by Crippen LogP contribution is 2.23. The predicted molar refractivity (Wildman–Crippen MR) is 62.9 cm³/mol. The Morgan fingerprint density at radius 1 is 1.35 bits per heavy atom. The standard InChI is InChI=1S/C12H13FN2O2/c13-11-4-3-5-12(15(16)17)10(11)6-9-14-7-1-2-8-14/h3-6,9H,1-2,7-8H2/b9-6-. The second-order valence-corrected chi connectivity index (χ2v) is 3.99. The van der Waals surface area contributed by atoms with Crippen molar-refractivity contribution >= 4 is 11.8 Å². The Bertz CT molecular complexity index is 454. The molecule has 17 heavy (non-hydrogen) atoms. The Hall–Kier alpha value is -1.91. The summed E-state index contributed by atoms with van der Waals surface area (Å²) in [5, 5.41) is 10.8. The van der Waals surface area contributed by atoms with E-state index < -0.39 is 10.7 Å². The van der Waals surface area contributed by atoms with Gasteiger partial charge in [-0.3, -0.25) is 10.1 Å². The Balaban J connectivity index is 2.27. The molecule has 1 aliphatic rings. The average molecular weight is 236 g/mol. The van der Waals surface area contributed by atoms with Gasteiger partial charge in [0, 0.05) is 19.2 Å². The van der Waals surface area contributed by atoms with Crippen LogP contribution in [0.3, 0.4) is 0 Å². The molecule has 1 aromatic carbocycles. The van der Waals surface area contributed by atoms with Crippen LogP contribution in [0.4, 0.5) is 10.1 Å². The second kappa shape index (κ2) is 4.95. The van der Waals surface area contributed by atoms with Crippen LogP contribution in [0.1, 0.15) is 18.4 Å². The molecule has 0 saturated carbocycles. The first-order valence-electron chi connectivity index (χ1n) is 5.53. The molecule has 1 aliphatic heterocycles. The molecule has 4 nitrogen and oxygen atoms in total. The third-order valence-electron chi connectivity index (χ3n) is 2.82. The van der Waals surface area contributed by atoms with Gasteiger partial charge in [0.1, 0.15) is 5.82 Å². The maximum atomic E-state index is 13.5. The summed E-state index contributed by atoms with van der Waals surface area (Å²) in [6.07, 6.45) is 5.45. The van der Waals surface area contributed by atoms with E-state index in [0.29, 0.717) is 0 Å². The lowest BCUT2D eigenvalue weighted by Gasteiger charge is -2.10. The highest BCUT2D eigenvalue weighted by atomic mass is 19.1. The second-order valence-electron chi connectivity index (χ2n) is 3.99. The molecule has 1 aromatic rings. The number of likely N-dealkylation sites (tertiary alicyclic amines) is 1. The first kappa shape index (κ1) is 11.6. The SMILES string of the molecule is O=[N+]([O-])c1cccc(F)c1/C=C\N1CCCC1. The normalized spacial score (nSPS) is 15.7. The first-order chi connectivity index (χ1) is 8.18. The van der Waals surface area contributed by atoms with Crippen LogP contribution in [0, 0.1) is 15.9 Å². The molecule has 1 fully saturated rings. The molecule has 5 heteroatoms. The van der Waals surface area contributed by atoms with Gasteiger partial charge in [-0.25, -0.2) is 4.39 Å². The Morgan fingerprint density at radius 2 is 2.06 bits per heavy atom. The van der Waals surface area contributed by atoms with Crippen LogP contribution < -0.4 is 0 Å². The quantitative estimate of drug-likeness (QED) is 0.598. The summed E-state index contributed by atoms with van der Waals surface area (Å²) in [4.78, 5) is 12.2. The van der Waals surface area contributed by atoms with Gasteiger partial charge in [0.05, 0.1) is 10.5 Å². The summed E-state index contributed by atoms with van der Waals surface area (Å²) in [5.74, 6) is -0.561. The van der Waals surface area contributed by atoms with E-state index in [1.54, 1.807) is 6.20 Å². The third-order valence-corrected chi connectivity index (χ3v) is 2.82. The van der Waals surface area contributed by atoms with Crippen LogP contribution in [0.5, 0.6) is 0 Å². The van der Waals surface area contributed by atoms with E-state index in [1.807, 2.05) is 4.90 Å². The number of halogens is 1. The predicted octanol–water partition coefficient (Wildman–Crippen LogP) is 2.80. The van der Waals surface area contributed by atoms with Gasteiger partial charge in [-0.15, -0.1) is 0 Å². The zero-order valence-corrected chi connectivity index (χ0v) is 9.30. The van der Waals surface area contributed by atoms with Crippen LogP contribution in [0.2, 0.25) is 0 Å². The van der Waals surface area contributed by atoms with Crippen LogP contribution in [0.25, 0.3) is 6.08 Å². The van der Waals surface area contributed by atoms with E-state index in [-0.39, 0.29) is 11.3 Å². The molecule has 2 rings (SSSR count). The highest BCUT2D eigenvalue weighted by molar-refractivity contribution is 5.61. The molecule has 0 radical (unpaired) electrons. The third kappa shape index (κ3) is 2.61. The van der Waals surface area contributed by atoms with Crippen molar-refractivity contribution in [2.24, 2.45) is 0 Å². The van der Waals surface area contributed by atoms with Gasteiger partial charge < -0.3 is 4.90 Å². The highest BCUT2D eigenvalue weighted by Gasteiger charge is 2.15. The molecule has 0 unspecified atom stereocenters. The van der Waals surface area contributed by atoms with E-state index in [1.165, 1.54) is 24.3 Å². The number of nitro groups is 1. The molecule has 0 aliphatic carbocycles. The van der Waals surface area contributed by atoms with E-state index in [4.69, 9.17) is 0 Å². The summed E-state index contributed by atoms with van der Waals surface area (Å²) >= 11 is 0. The molecule has 0 aromatic heterocycles. The fourth-order valence-electron chi connectivity index (χ4n) is 1.92. The lowest BCUT2D eigenvalue weighted by molar-refractivity contribution is -0.385. The Labute approximate surface area is 98.5 Å². The number of benzene rings is 1. The molecule has 1 heterocycles. The lowest BCUT2D eigenvalue weighted by Crippen LogP contribution is -2.10. The fraction of sp³-hybridized carbons (Fsp3) is 0.333. The minimum absolute atomic E-state index is 0.0457. The van der Waals surface area contributed by atoms with E-state index in [2.05, 4.69) is 0 Å². The van der Waals surface area contributed by atoms with Gasteiger partial charge in [0.15, 0.2) is 0 Å². The van der Waals surface area contributed by atoms with E-state index in [0.717, 1.165) is 25.9 Å². The van der Waals surface area contributed by atoms with Gasteiger partial charge in [0.2, 0.25) is 0 Å². The number of nitrogens with zero attached hydrogens (tertiary/aromatic N) is 2. The summed E-state index contributed by atoms with van der Waals surface area (Å²) in [6, 6.07) is 3.89. The van der Waals surface area contributed by atoms with Crippen molar-refractivity contribution in [3.8, 4) is 0 Å². The van der Waals surface area contributed by atoms with Crippen LogP contribution >= 0.6 is 0 Å². The number of rotatable bonds is 3. The van der Waals surface area contributed by atoms with Gasteiger partial charge in [-0.05, 0) is 31.2 Å². The van der Waals surface area contributed by atoms with Crippen molar-refractivity contribution < 1.29 is 9.31 Å². The first-order valence-corrected chi connectivity index (χ1v) is 5.53. The molecule has 0 bridgehead atoms. The van der Waals surface area contributed by atoms with Gasteiger partial charge in [-0.1, -0.05) is 6.07 Å². The van der Waals surface area contributed by atoms with Crippen molar-refractivity contribution in [2.75, 3.05) is 13.1 Å². The van der Waals surface area contributed by atoms with Crippen LogP contribution in [-0.2, 0) is 0 Å². The van der Waals surface area contributed by atoms with Crippen LogP contribution in [0.15, 0.2) is 24.4 Å². The molecule has 90 valence electrons. The lowest BCUT2D eigenvalue weighted by atomic mass is 10.1. The number of hydrogen-bond acceptors (Lipinski definition) is 3. The van der Waals surface area contributed by atoms with Crippen molar-refractivity contribution in [1.82, 2.24) is 4.90 Å². The summed E-state index contributed by atoms with van der Waals surface area (Å²) < 4.78 is 13.5. The van der Waals surface area contributed by atoms with Crippen molar-refractivity contribution in [3.63, 3.8) is 0 Å². The molecular weight excluding hydrogens is 223 g/mol. The summed E-state index contributed by atoms with van der Waals surface area (Å²) in [5.41, 5.74) is -0.148. The topological polar surface area (TPSA) is 46.4 Å². The molecule has 0 N–H and O–H groups in total. The van der Waals surface area contributed by atoms with Gasteiger partial charge in [-0.2, -0.15) is 0 Å². The van der Waals surface area contributed by atoms with Crippen LogP contribution in [-0.4, -0.2) is 22.9 Å². The molecular formula is C12H13FN2O2. The molecule has 0 spiro atoms. The maximum Gasteiger partial charge on any atom is 0.279 e. The Kier molecular flexibility index (Phi) is 3.37. The van der Waals surface area contributed by atoms with Crippen molar-refractivity contribution in [2.45, 2.75) is 12.8 Å². The van der Waals surface area contributed by atoms with E-state index in [9.17, 15) is 14.5 Å². The van der Waals surface area contributed by atoms with Crippen molar-refractivity contribution in [3.05, 3.63) is 45.9 Å². The van der Waals surface area contributed by atoms with Gasteiger partial charge in [0.25, 0.3) is 5.69 Å². The van der Waals surface area contributed by atoms with Gasteiger partial charge >= 0.3 is 0 Å². The minimum atomic E-state index is -0.563. The average Bonchev–Trinajstić information content (AvgIpc) is 2.80. The van der Waals surface area contributed by atoms with Crippen molar-refractivity contribution in [1.29, 1.82) is 0 Å². The zero-order valence-electron chi connectivity index (χ0n) is 9.30. The molecule has 0 amide bonds. The number of hydrogen-bond donors (Lipinski definition) is 0. The minimum Gasteiger partial charge on any atom is -0.377 e.